The summed E-state index contributed by atoms with van der Waals surface area (Å²) >= 11 is 0. The van der Waals surface area contributed by atoms with Gasteiger partial charge in [0, 0.05) is 13.5 Å². The van der Waals surface area contributed by atoms with E-state index in [1.807, 2.05) is 13.8 Å². The molecule has 0 amide bonds. The van der Waals surface area contributed by atoms with Crippen molar-refractivity contribution in [3.63, 3.8) is 0 Å². The van der Waals surface area contributed by atoms with E-state index in [4.69, 9.17) is 14.5 Å². The largest absolute Gasteiger partial charge is 0.353 e. The van der Waals surface area contributed by atoms with Crippen molar-refractivity contribution in [2.24, 2.45) is 0 Å². The Balaban J connectivity index is 0. The molecule has 1 atom stereocenters. The van der Waals surface area contributed by atoms with Crippen molar-refractivity contribution in [2.75, 3.05) is 13.7 Å². The van der Waals surface area contributed by atoms with Crippen LogP contribution in [0.1, 0.15) is 78.6 Å². The molecular weight excluding hydrogens is 268 g/mol. The van der Waals surface area contributed by atoms with E-state index in [0.717, 1.165) is 19.3 Å². The number of rotatable bonds is 14. The van der Waals surface area contributed by atoms with Crippen molar-refractivity contribution in [1.29, 1.82) is 0 Å². The number of methoxy groups -OCH3 is 1. The molecule has 0 spiro atoms. The van der Waals surface area contributed by atoms with E-state index < -0.39 is 0 Å². The third kappa shape index (κ3) is 22.0. The maximum atomic E-state index is 5.15. The minimum absolute atomic E-state index is 0.322. The van der Waals surface area contributed by atoms with Gasteiger partial charge in [-0.1, -0.05) is 63.5 Å². The molecule has 128 valence electrons. The topological polar surface area (TPSA) is 36.9 Å². The summed E-state index contributed by atoms with van der Waals surface area (Å²) in [6, 6.07) is 0. The molecule has 0 aliphatic heterocycles. The highest BCUT2D eigenvalue weighted by molar-refractivity contribution is 4.51. The Kier molecular flexibility index (Phi) is 23.8. The van der Waals surface area contributed by atoms with E-state index in [-0.39, 0.29) is 6.29 Å². The SMILES string of the molecule is C=CC.CCCCCCCCCC(OC)OOOCCC. The summed E-state index contributed by atoms with van der Waals surface area (Å²) in [5, 5.41) is 4.61. The summed E-state index contributed by atoms with van der Waals surface area (Å²) in [5.41, 5.74) is 0. The number of ether oxygens (including phenoxy) is 1. The third-order valence-electron chi connectivity index (χ3n) is 2.79. The van der Waals surface area contributed by atoms with E-state index in [1.54, 1.807) is 13.2 Å². The van der Waals surface area contributed by atoms with Gasteiger partial charge in [-0.2, -0.15) is 4.89 Å². The normalized spacial score (nSPS) is 11.6. The molecule has 0 heterocycles. The summed E-state index contributed by atoms with van der Waals surface area (Å²) < 4.78 is 5.15. The molecule has 0 N–H and O–H groups in total. The van der Waals surface area contributed by atoms with Crippen LogP contribution >= 0.6 is 0 Å². The highest BCUT2D eigenvalue weighted by Gasteiger charge is 2.08. The third-order valence-corrected chi connectivity index (χ3v) is 2.79. The molecule has 0 aromatic carbocycles. The minimum Gasteiger partial charge on any atom is -0.353 e. The number of allylic oxidation sites excluding steroid dienone is 1. The van der Waals surface area contributed by atoms with Crippen molar-refractivity contribution in [2.45, 2.75) is 84.8 Å². The molecular formula is C17H36O4. The van der Waals surface area contributed by atoms with Gasteiger partial charge < -0.3 is 4.74 Å². The summed E-state index contributed by atoms with van der Waals surface area (Å²) in [7, 11) is 1.62. The molecule has 0 saturated heterocycles. The van der Waals surface area contributed by atoms with Crippen LogP contribution in [0, 0.1) is 0 Å². The molecule has 0 radical (unpaired) electrons. The lowest BCUT2D eigenvalue weighted by atomic mass is 10.1. The Bertz CT molecular complexity index is 186. The van der Waals surface area contributed by atoms with Gasteiger partial charge in [0.15, 0.2) is 6.29 Å². The van der Waals surface area contributed by atoms with Gasteiger partial charge in [0.05, 0.1) is 6.61 Å². The molecule has 0 aliphatic rings. The molecule has 1 unspecified atom stereocenters. The zero-order valence-electron chi connectivity index (χ0n) is 14.6. The molecule has 21 heavy (non-hydrogen) atoms. The van der Waals surface area contributed by atoms with Gasteiger partial charge in [0.2, 0.25) is 0 Å². The second kappa shape index (κ2) is 21.9. The molecule has 0 saturated carbocycles. The van der Waals surface area contributed by atoms with Crippen LogP contribution in [0.5, 0.6) is 0 Å². The average Bonchev–Trinajstić information content (AvgIpc) is 2.49. The molecule has 0 bridgehead atoms. The van der Waals surface area contributed by atoms with E-state index in [1.165, 1.54) is 38.5 Å². The van der Waals surface area contributed by atoms with Crippen LogP contribution in [-0.2, 0) is 19.6 Å². The van der Waals surface area contributed by atoms with E-state index in [0.29, 0.717) is 6.61 Å². The molecule has 4 nitrogen and oxygen atoms in total. The predicted octanol–water partition coefficient (Wildman–Crippen LogP) is 5.58. The van der Waals surface area contributed by atoms with Gasteiger partial charge in [0.25, 0.3) is 0 Å². The summed E-state index contributed by atoms with van der Waals surface area (Å²) in [6.45, 7) is 10.0. The lowest BCUT2D eigenvalue weighted by molar-refractivity contribution is -0.546. The maximum absolute atomic E-state index is 5.15. The monoisotopic (exact) mass is 304 g/mol. The van der Waals surface area contributed by atoms with Crippen molar-refractivity contribution in [3.05, 3.63) is 12.7 Å². The molecule has 0 rings (SSSR count). The Morgan fingerprint density at radius 3 is 2.05 bits per heavy atom. The minimum atomic E-state index is -0.322. The molecule has 0 aliphatic carbocycles. The first-order valence-corrected chi connectivity index (χ1v) is 8.31. The first kappa shape index (κ1) is 22.9. The fourth-order valence-electron chi connectivity index (χ4n) is 1.66. The summed E-state index contributed by atoms with van der Waals surface area (Å²) in [6.07, 6.45) is 12.1. The maximum Gasteiger partial charge on any atom is 0.194 e. The number of hydrogen-bond donors (Lipinski definition) is 0. The standard InChI is InChI=1S/C14H30O4.C3H6/c1-4-6-7-8-9-10-11-12-14(15-3)17-18-16-13-5-2;1-3-2/h14H,4-13H2,1-3H3;3H,1H2,2H3. The zero-order chi connectivity index (χ0) is 16.2. The summed E-state index contributed by atoms with van der Waals surface area (Å²) in [5.74, 6) is 0. The van der Waals surface area contributed by atoms with Crippen LogP contribution in [0.4, 0.5) is 0 Å². The Morgan fingerprint density at radius 1 is 0.952 bits per heavy atom. The van der Waals surface area contributed by atoms with Gasteiger partial charge in [-0.25, -0.2) is 4.89 Å². The van der Waals surface area contributed by atoms with Crippen molar-refractivity contribution in [1.82, 2.24) is 0 Å². The van der Waals surface area contributed by atoms with Crippen LogP contribution < -0.4 is 0 Å². The average molecular weight is 304 g/mol. The van der Waals surface area contributed by atoms with Gasteiger partial charge in [0.1, 0.15) is 0 Å². The summed E-state index contributed by atoms with van der Waals surface area (Å²) in [4.78, 5) is 9.78. The highest BCUT2D eigenvalue weighted by Crippen LogP contribution is 2.11. The fourth-order valence-corrected chi connectivity index (χ4v) is 1.66. The lowest BCUT2D eigenvalue weighted by Crippen LogP contribution is -2.16. The first-order valence-electron chi connectivity index (χ1n) is 8.31. The first-order chi connectivity index (χ1) is 10.3. The predicted molar refractivity (Wildman–Crippen MR) is 87.7 cm³/mol. The van der Waals surface area contributed by atoms with Crippen LogP contribution in [0.3, 0.4) is 0 Å². The second-order valence-electron chi connectivity index (χ2n) is 4.97. The fraction of sp³-hybridized carbons (Fsp3) is 0.882. The second-order valence-corrected chi connectivity index (χ2v) is 4.97. The molecule has 4 heteroatoms. The van der Waals surface area contributed by atoms with Crippen molar-refractivity contribution >= 4 is 0 Å². The van der Waals surface area contributed by atoms with E-state index >= 15 is 0 Å². The Hall–Kier alpha value is -0.420. The van der Waals surface area contributed by atoms with Gasteiger partial charge >= 0.3 is 0 Å². The number of unbranched alkanes of at least 4 members (excludes halogenated alkanes) is 6. The quantitative estimate of drug-likeness (QED) is 0.138. The highest BCUT2D eigenvalue weighted by atomic mass is 17.5. The van der Waals surface area contributed by atoms with Gasteiger partial charge in [-0.15, -0.1) is 6.58 Å². The van der Waals surface area contributed by atoms with Crippen LogP contribution in [0.15, 0.2) is 12.7 Å². The van der Waals surface area contributed by atoms with Gasteiger partial charge in [-0.3, -0.25) is 0 Å². The van der Waals surface area contributed by atoms with Crippen LogP contribution in [0.25, 0.3) is 0 Å². The van der Waals surface area contributed by atoms with Crippen LogP contribution in [0.2, 0.25) is 0 Å². The molecule has 0 fully saturated rings. The molecule has 0 aromatic rings. The zero-order valence-corrected chi connectivity index (χ0v) is 14.6. The van der Waals surface area contributed by atoms with E-state index in [9.17, 15) is 0 Å². The molecule has 0 aromatic heterocycles. The Labute approximate surface area is 131 Å². The van der Waals surface area contributed by atoms with Crippen molar-refractivity contribution in [3.8, 4) is 0 Å². The Morgan fingerprint density at radius 2 is 1.52 bits per heavy atom. The van der Waals surface area contributed by atoms with Crippen LogP contribution in [-0.4, -0.2) is 20.0 Å². The van der Waals surface area contributed by atoms with Crippen molar-refractivity contribution < 1.29 is 19.6 Å². The van der Waals surface area contributed by atoms with E-state index in [2.05, 4.69) is 18.5 Å². The smallest absolute Gasteiger partial charge is 0.194 e. The van der Waals surface area contributed by atoms with Gasteiger partial charge in [-0.05, 0) is 19.8 Å². The lowest BCUT2D eigenvalue weighted by Gasteiger charge is -2.13. The number of hydrogen-bond acceptors (Lipinski definition) is 4.